The second-order valence-electron chi connectivity index (χ2n) is 5.66. The molecule has 2 aromatic rings. The van der Waals surface area contributed by atoms with Gasteiger partial charge < -0.3 is 5.11 Å². The normalized spacial score (nSPS) is 15.5. The average molecular weight is 381 g/mol. The number of anilines is 1. The van der Waals surface area contributed by atoms with E-state index in [4.69, 9.17) is 5.11 Å². The van der Waals surface area contributed by atoms with E-state index < -0.39 is 28.7 Å². The SMILES string of the molecule is O=C1NC(=O)N(c2ccc([N+](=O)[O-])cc2)C(=O)/C1=C/c1ccc(C(=O)O)cc1. The number of benzene rings is 2. The Morgan fingerprint density at radius 2 is 1.64 bits per heavy atom. The summed E-state index contributed by atoms with van der Waals surface area (Å²) in [4.78, 5) is 58.6. The molecule has 0 aliphatic carbocycles. The smallest absolute Gasteiger partial charge is 0.335 e. The molecule has 0 aromatic heterocycles. The number of nitro groups is 1. The molecule has 0 spiro atoms. The highest BCUT2D eigenvalue weighted by atomic mass is 16.6. The van der Waals surface area contributed by atoms with E-state index in [0.29, 0.717) is 10.5 Å². The van der Waals surface area contributed by atoms with E-state index in [1.165, 1.54) is 42.5 Å². The number of hydrogen-bond donors (Lipinski definition) is 2. The van der Waals surface area contributed by atoms with Gasteiger partial charge in [0.25, 0.3) is 17.5 Å². The number of hydrogen-bond acceptors (Lipinski definition) is 6. The van der Waals surface area contributed by atoms with Gasteiger partial charge in [-0.15, -0.1) is 0 Å². The Balaban J connectivity index is 1.95. The van der Waals surface area contributed by atoms with Gasteiger partial charge in [0, 0.05) is 12.1 Å². The molecular formula is C18H11N3O7. The van der Waals surface area contributed by atoms with Gasteiger partial charge in [0.15, 0.2) is 0 Å². The van der Waals surface area contributed by atoms with Crippen LogP contribution in [0.5, 0.6) is 0 Å². The molecule has 0 saturated carbocycles. The lowest BCUT2D eigenvalue weighted by atomic mass is 10.1. The van der Waals surface area contributed by atoms with Crippen molar-refractivity contribution in [2.75, 3.05) is 4.90 Å². The molecule has 2 N–H and O–H groups in total. The number of urea groups is 1. The Kier molecular flexibility index (Phi) is 4.69. The van der Waals surface area contributed by atoms with E-state index in [9.17, 15) is 29.3 Å². The summed E-state index contributed by atoms with van der Waals surface area (Å²) in [5.74, 6) is -2.94. The van der Waals surface area contributed by atoms with E-state index in [2.05, 4.69) is 0 Å². The standard InChI is InChI=1S/C18H11N3O7/c22-15-14(9-10-1-3-11(4-2-10)17(24)25)16(23)20(18(26)19-15)12-5-7-13(8-6-12)21(27)28/h1-9H,(H,24,25)(H,19,22,26)/b14-9+. The minimum atomic E-state index is -1.12. The fraction of sp³-hybridized carbons (Fsp3) is 0. The number of nitrogens with zero attached hydrogens (tertiary/aromatic N) is 2. The number of carbonyl (C=O) groups excluding carboxylic acids is 3. The maximum absolute atomic E-state index is 12.7. The van der Waals surface area contributed by atoms with Crippen LogP contribution in [-0.2, 0) is 9.59 Å². The molecule has 1 aliphatic rings. The number of carbonyl (C=O) groups is 4. The molecular weight excluding hydrogens is 370 g/mol. The average Bonchev–Trinajstić information content (AvgIpc) is 2.65. The van der Waals surface area contributed by atoms with Crippen LogP contribution in [0.25, 0.3) is 6.08 Å². The van der Waals surface area contributed by atoms with Crippen molar-refractivity contribution in [3.05, 3.63) is 75.3 Å². The molecule has 140 valence electrons. The number of rotatable bonds is 4. The number of carboxylic acids is 1. The van der Waals surface area contributed by atoms with Gasteiger partial charge in [0.05, 0.1) is 16.2 Å². The van der Waals surface area contributed by atoms with Crippen LogP contribution < -0.4 is 10.2 Å². The van der Waals surface area contributed by atoms with Crippen LogP contribution in [0.1, 0.15) is 15.9 Å². The third-order valence-electron chi connectivity index (χ3n) is 3.89. The molecule has 1 saturated heterocycles. The van der Waals surface area contributed by atoms with E-state index in [1.807, 2.05) is 5.32 Å². The molecule has 4 amide bonds. The summed E-state index contributed by atoms with van der Waals surface area (Å²) in [5, 5.41) is 21.7. The van der Waals surface area contributed by atoms with Crippen molar-refractivity contribution in [3.8, 4) is 0 Å². The number of imide groups is 2. The summed E-state index contributed by atoms with van der Waals surface area (Å²) in [6.07, 6.45) is 1.22. The summed E-state index contributed by atoms with van der Waals surface area (Å²) >= 11 is 0. The van der Waals surface area contributed by atoms with Gasteiger partial charge >= 0.3 is 12.0 Å². The van der Waals surface area contributed by atoms with Crippen molar-refractivity contribution >= 4 is 41.3 Å². The molecule has 1 heterocycles. The van der Waals surface area contributed by atoms with Gasteiger partial charge in [0.1, 0.15) is 5.57 Å². The Hall–Kier alpha value is -4.34. The van der Waals surface area contributed by atoms with Crippen molar-refractivity contribution < 1.29 is 29.2 Å². The lowest BCUT2D eigenvalue weighted by Crippen LogP contribution is -2.54. The van der Waals surface area contributed by atoms with Crippen molar-refractivity contribution in [2.24, 2.45) is 0 Å². The lowest BCUT2D eigenvalue weighted by Gasteiger charge is -2.26. The molecule has 0 bridgehead atoms. The van der Waals surface area contributed by atoms with Gasteiger partial charge in [-0.25, -0.2) is 14.5 Å². The molecule has 10 heteroatoms. The summed E-state index contributed by atoms with van der Waals surface area (Å²) < 4.78 is 0. The molecule has 0 unspecified atom stereocenters. The first-order valence-electron chi connectivity index (χ1n) is 7.77. The van der Waals surface area contributed by atoms with Crippen LogP contribution in [0.4, 0.5) is 16.2 Å². The predicted octanol–water partition coefficient (Wildman–Crippen LogP) is 1.96. The molecule has 10 nitrogen and oxygen atoms in total. The van der Waals surface area contributed by atoms with E-state index in [0.717, 1.165) is 12.1 Å². The van der Waals surface area contributed by atoms with Crippen molar-refractivity contribution in [2.45, 2.75) is 0 Å². The van der Waals surface area contributed by atoms with Crippen molar-refractivity contribution in [1.82, 2.24) is 5.32 Å². The number of aromatic carboxylic acids is 1. The molecule has 0 atom stereocenters. The van der Waals surface area contributed by atoms with Crippen LogP contribution in [0.15, 0.2) is 54.1 Å². The maximum Gasteiger partial charge on any atom is 0.335 e. The summed E-state index contributed by atoms with van der Waals surface area (Å²) in [7, 11) is 0. The minimum absolute atomic E-state index is 0.0317. The third kappa shape index (κ3) is 3.46. The third-order valence-corrected chi connectivity index (χ3v) is 3.89. The van der Waals surface area contributed by atoms with Crippen LogP contribution in [0, 0.1) is 10.1 Å². The Morgan fingerprint density at radius 3 is 2.18 bits per heavy atom. The molecule has 0 radical (unpaired) electrons. The van der Waals surface area contributed by atoms with E-state index in [1.54, 1.807) is 0 Å². The monoisotopic (exact) mass is 381 g/mol. The van der Waals surface area contributed by atoms with Crippen molar-refractivity contribution in [3.63, 3.8) is 0 Å². The Bertz CT molecular complexity index is 1040. The second-order valence-corrected chi connectivity index (χ2v) is 5.66. The molecule has 1 fully saturated rings. The highest BCUT2D eigenvalue weighted by Gasteiger charge is 2.36. The van der Waals surface area contributed by atoms with Crippen molar-refractivity contribution in [1.29, 1.82) is 0 Å². The van der Waals surface area contributed by atoms with Crippen LogP contribution in [0.2, 0.25) is 0 Å². The lowest BCUT2D eigenvalue weighted by molar-refractivity contribution is -0.384. The van der Waals surface area contributed by atoms with Crippen LogP contribution in [-0.4, -0.2) is 33.8 Å². The number of non-ortho nitro benzene ring substituents is 1. The van der Waals surface area contributed by atoms with Gasteiger partial charge in [-0.05, 0) is 35.9 Å². The predicted molar refractivity (Wildman–Crippen MR) is 95.5 cm³/mol. The highest BCUT2D eigenvalue weighted by molar-refractivity contribution is 6.39. The minimum Gasteiger partial charge on any atom is -0.478 e. The largest absolute Gasteiger partial charge is 0.478 e. The van der Waals surface area contributed by atoms with Crippen LogP contribution >= 0.6 is 0 Å². The van der Waals surface area contributed by atoms with E-state index in [-0.39, 0.29) is 22.5 Å². The number of amides is 4. The number of nitro benzene ring substituents is 1. The molecule has 2 aromatic carbocycles. The van der Waals surface area contributed by atoms with Gasteiger partial charge in [-0.1, -0.05) is 12.1 Å². The van der Waals surface area contributed by atoms with Crippen LogP contribution in [0.3, 0.4) is 0 Å². The van der Waals surface area contributed by atoms with E-state index >= 15 is 0 Å². The first-order chi connectivity index (χ1) is 13.3. The second kappa shape index (κ2) is 7.11. The topological polar surface area (TPSA) is 147 Å². The fourth-order valence-electron chi connectivity index (χ4n) is 2.50. The number of barbiturate groups is 1. The van der Waals surface area contributed by atoms with Gasteiger partial charge in [0.2, 0.25) is 0 Å². The Labute approximate surface area is 156 Å². The summed E-state index contributed by atoms with van der Waals surface area (Å²) in [6, 6.07) is 9.11. The first kappa shape index (κ1) is 18.5. The molecule has 28 heavy (non-hydrogen) atoms. The fourth-order valence-corrected chi connectivity index (χ4v) is 2.50. The first-order valence-corrected chi connectivity index (χ1v) is 7.77. The highest BCUT2D eigenvalue weighted by Crippen LogP contribution is 2.24. The number of nitrogens with one attached hydrogen (secondary N) is 1. The number of carboxylic acid groups (broad SMARTS) is 1. The summed E-state index contributed by atoms with van der Waals surface area (Å²) in [6.45, 7) is 0. The zero-order valence-corrected chi connectivity index (χ0v) is 14.0. The van der Waals surface area contributed by atoms with Gasteiger partial charge in [-0.3, -0.25) is 25.0 Å². The summed E-state index contributed by atoms with van der Waals surface area (Å²) in [5.41, 5.74) is -0.113. The maximum atomic E-state index is 12.7. The Morgan fingerprint density at radius 1 is 1.04 bits per heavy atom. The molecule has 1 aliphatic heterocycles. The zero-order valence-electron chi connectivity index (χ0n) is 14.0. The molecule has 3 rings (SSSR count). The van der Waals surface area contributed by atoms with Gasteiger partial charge in [-0.2, -0.15) is 0 Å². The quantitative estimate of drug-likeness (QED) is 0.356. The zero-order chi connectivity index (χ0) is 20.4.